The second-order valence-corrected chi connectivity index (χ2v) is 2.99. The molecular formula is C11H12ClN. The maximum Gasteiger partial charge on any atom is 0.0662 e. The minimum Gasteiger partial charge on any atom is -0.252 e. The number of allylic oxidation sites excluding steroid dienone is 1. The lowest BCUT2D eigenvalue weighted by molar-refractivity contribution is 1.39. The van der Waals surface area contributed by atoms with Gasteiger partial charge in [0.15, 0.2) is 0 Å². The first-order chi connectivity index (χ1) is 6.27. The fourth-order valence-electron chi connectivity index (χ4n) is 0.974. The van der Waals surface area contributed by atoms with Crippen molar-refractivity contribution in [2.45, 2.75) is 6.92 Å². The van der Waals surface area contributed by atoms with Gasteiger partial charge in [-0.2, -0.15) is 0 Å². The van der Waals surface area contributed by atoms with Crippen molar-refractivity contribution in [3.8, 4) is 0 Å². The average molecular weight is 194 g/mol. The zero-order valence-corrected chi connectivity index (χ0v) is 8.38. The summed E-state index contributed by atoms with van der Waals surface area (Å²) >= 11 is 5.67. The summed E-state index contributed by atoms with van der Waals surface area (Å²) in [5.74, 6) is 0.401. The first kappa shape index (κ1) is 10.0. The number of hydrogen-bond acceptors (Lipinski definition) is 1. The first-order valence-electron chi connectivity index (χ1n) is 4.09. The Bertz CT molecular complexity index is 329. The van der Waals surface area contributed by atoms with Gasteiger partial charge in [-0.1, -0.05) is 24.8 Å². The Morgan fingerprint density at radius 1 is 1.54 bits per heavy atom. The van der Waals surface area contributed by atoms with Gasteiger partial charge in [0.05, 0.1) is 17.3 Å². The SMILES string of the molecule is C=C/C(CCl)=N\c1ccccc1C. The molecule has 0 unspecified atom stereocenters. The van der Waals surface area contributed by atoms with Crippen LogP contribution in [0.5, 0.6) is 0 Å². The van der Waals surface area contributed by atoms with Gasteiger partial charge in [0.2, 0.25) is 0 Å². The second kappa shape index (κ2) is 4.83. The van der Waals surface area contributed by atoms with Crippen LogP contribution in [0.25, 0.3) is 0 Å². The van der Waals surface area contributed by atoms with E-state index in [1.165, 1.54) is 0 Å². The van der Waals surface area contributed by atoms with Crippen molar-refractivity contribution in [3.63, 3.8) is 0 Å². The Morgan fingerprint density at radius 2 is 2.23 bits per heavy atom. The van der Waals surface area contributed by atoms with Gasteiger partial charge in [-0.05, 0) is 24.6 Å². The van der Waals surface area contributed by atoms with Crippen molar-refractivity contribution >= 4 is 23.0 Å². The molecule has 0 aromatic heterocycles. The molecule has 0 heterocycles. The summed E-state index contributed by atoms with van der Waals surface area (Å²) in [7, 11) is 0. The lowest BCUT2D eigenvalue weighted by Crippen LogP contribution is -1.93. The van der Waals surface area contributed by atoms with E-state index in [1.807, 2.05) is 31.2 Å². The van der Waals surface area contributed by atoms with Crippen molar-refractivity contribution in [1.82, 2.24) is 0 Å². The number of rotatable bonds is 3. The molecule has 1 aromatic rings. The number of para-hydroxylation sites is 1. The van der Waals surface area contributed by atoms with E-state index in [0.717, 1.165) is 17.0 Å². The van der Waals surface area contributed by atoms with Crippen LogP contribution in [0.3, 0.4) is 0 Å². The molecule has 1 nitrogen and oxygen atoms in total. The topological polar surface area (TPSA) is 12.4 Å². The molecule has 0 atom stereocenters. The van der Waals surface area contributed by atoms with E-state index in [0.29, 0.717) is 5.88 Å². The number of hydrogen-bond donors (Lipinski definition) is 0. The fourth-order valence-corrected chi connectivity index (χ4v) is 1.14. The molecule has 13 heavy (non-hydrogen) atoms. The monoisotopic (exact) mass is 193 g/mol. The number of aryl methyl sites for hydroxylation is 1. The van der Waals surface area contributed by atoms with Gasteiger partial charge in [0, 0.05) is 0 Å². The quantitative estimate of drug-likeness (QED) is 0.515. The van der Waals surface area contributed by atoms with Gasteiger partial charge in [-0.15, -0.1) is 11.6 Å². The zero-order chi connectivity index (χ0) is 9.68. The smallest absolute Gasteiger partial charge is 0.0662 e. The van der Waals surface area contributed by atoms with Crippen LogP contribution in [-0.2, 0) is 0 Å². The Hall–Kier alpha value is -1.08. The summed E-state index contributed by atoms with van der Waals surface area (Å²) in [6.07, 6.45) is 1.68. The molecule has 0 bridgehead atoms. The summed E-state index contributed by atoms with van der Waals surface area (Å²) in [5.41, 5.74) is 2.90. The summed E-state index contributed by atoms with van der Waals surface area (Å²) in [4.78, 5) is 4.36. The third kappa shape index (κ3) is 2.71. The Balaban J connectivity index is 3.02. The maximum atomic E-state index is 5.67. The lowest BCUT2D eigenvalue weighted by Gasteiger charge is -2.00. The van der Waals surface area contributed by atoms with Crippen LogP contribution in [0.4, 0.5) is 5.69 Å². The van der Waals surface area contributed by atoms with Crippen LogP contribution in [0, 0.1) is 6.92 Å². The summed E-state index contributed by atoms with van der Waals surface area (Å²) in [6.45, 7) is 5.66. The van der Waals surface area contributed by atoms with E-state index in [4.69, 9.17) is 11.6 Å². The van der Waals surface area contributed by atoms with E-state index in [1.54, 1.807) is 6.08 Å². The third-order valence-electron chi connectivity index (χ3n) is 1.75. The first-order valence-corrected chi connectivity index (χ1v) is 4.63. The Kier molecular flexibility index (Phi) is 3.71. The molecule has 0 amide bonds. The van der Waals surface area contributed by atoms with E-state index in [2.05, 4.69) is 11.6 Å². The highest BCUT2D eigenvalue weighted by Gasteiger charge is 1.95. The number of nitrogens with zero attached hydrogens (tertiary/aromatic N) is 1. The largest absolute Gasteiger partial charge is 0.252 e. The van der Waals surface area contributed by atoms with Gasteiger partial charge in [0.25, 0.3) is 0 Å². The van der Waals surface area contributed by atoms with Gasteiger partial charge in [0.1, 0.15) is 0 Å². The molecular weight excluding hydrogens is 182 g/mol. The maximum absolute atomic E-state index is 5.67. The molecule has 0 aliphatic carbocycles. The van der Waals surface area contributed by atoms with Crippen LogP contribution in [0.15, 0.2) is 41.9 Å². The third-order valence-corrected chi connectivity index (χ3v) is 2.03. The highest BCUT2D eigenvalue weighted by Crippen LogP contribution is 2.17. The van der Waals surface area contributed by atoms with Crippen LogP contribution < -0.4 is 0 Å². The number of alkyl halides is 1. The Labute approximate surface area is 83.8 Å². The predicted octanol–water partition coefficient (Wildman–Crippen LogP) is 3.49. The molecule has 0 aliphatic rings. The van der Waals surface area contributed by atoms with Gasteiger partial charge < -0.3 is 0 Å². The number of halogens is 1. The molecule has 0 aliphatic heterocycles. The van der Waals surface area contributed by atoms with Crippen LogP contribution >= 0.6 is 11.6 Å². The molecule has 1 rings (SSSR count). The Morgan fingerprint density at radius 3 is 2.77 bits per heavy atom. The van der Waals surface area contributed by atoms with E-state index >= 15 is 0 Å². The van der Waals surface area contributed by atoms with E-state index in [-0.39, 0.29) is 0 Å². The summed E-state index contributed by atoms with van der Waals surface area (Å²) in [6, 6.07) is 7.93. The number of aliphatic imine (C=N–C) groups is 1. The predicted molar refractivity (Wildman–Crippen MR) is 59.2 cm³/mol. The van der Waals surface area contributed by atoms with Crippen LogP contribution in [0.2, 0.25) is 0 Å². The average Bonchev–Trinajstić information content (AvgIpc) is 2.17. The highest BCUT2D eigenvalue weighted by atomic mass is 35.5. The van der Waals surface area contributed by atoms with Crippen molar-refractivity contribution in [1.29, 1.82) is 0 Å². The van der Waals surface area contributed by atoms with Crippen LogP contribution in [-0.4, -0.2) is 11.6 Å². The molecule has 2 heteroatoms. The molecule has 0 radical (unpaired) electrons. The highest BCUT2D eigenvalue weighted by molar-refractivity contribution is 6.30. The summed E-state index contributed by atoms with van der Waals surface area (Å²) in [5, 5.41) is 0. The second-order valence-electron chi connectivity index (χ2n) is 2.73. The molecule has 0 spiro atoms. The lowest BCUT2D eigenvalue weighted by atomic mass is 10.2. The molecule has 0 fully saturated rings. The molecule has 68 valence electrons. The van der Waals surface area contributed by atoms with E-state index in [9.17, 15) is 0 Å². The van der Waals surface area contributed by atoms with Crippen LogP contribution in [0.1, 0.15) is 5.56 Å². The van der Waals surface area contributed by atoms with Gasteiger partial charge >= 0.3 is 0 Å². The zero-order valence-electron chi connectivity index (χ0n) is 7.63. The van der Waals surface area contributed by atoms with Gasteiger partial charge in [-0.25, -0.2) is 0 Å². The minimum absolute atomic E-state index is 0.401. The molecule has 0 N–H and O–H groups in total. The van der Waals surface area contributed by atoms with Gasteiger partial charge in [-0.3, -0.25) is 4.99 Å². The number of benzene rings is 1. The normalized spacial score (nSPS) is 11.4. The molecule has 0 saturated carbocycles. The minimum atomic E-state index is 0.401. The molecule has 1 aromatic carbocycles. The van der Waals surface area contributed by atoms with Crippen molar-refractivity contribution < 1.29 is 0 Å². The van der Waals surface area contributed by atoms with Crippen molar-refractivity contribution in [3.05, 3.63) is 42.5 Å². The standard InChI is InChI=1S/C11H12ClN/c1-3-10(8-12)13-11-7-5-4-6-9(11)2/h3-7H,1,8H2,2H3/b13-10+. The van der Waals surface area contributed by atoms with Crippen molar-refractivity contribution in [2.24, 2.45) is 4.99 Å². The van der Waals surface area contributed by atoms with Crippen molar-refractivity contribution in [2.75, 3.05) is 5.88 Å². The fraction of sp³-hybridized carbons (Fsp3) is 0.182. The molecule has 0 saturated heterocycles. The van der Waals surface area contributed by atoms with E-state index < -0.39 is 0 Å². The summed E-state index contributed by atoms with van der Waals surface area (Å²) < 4.78 is 0.